The first-order valence-corrected chi connectivity index (χ1v) is 7.01. The molecule has 1 saturated heterocycles. The van der Waals surface area contributed by atoms with Crippen LogP contribution in [0.3, 0.4) is 0 Å². The second-order valence-electron chi connectivity index (χ2n) is 5.08. The lowest BCUT2D eigenvalue weighted by molar-refractivity contribution is 0.273. The molecule has 0 aromatic carbocycles. The van der Waals surface area contributed by atoms with Crippen molar-refractivity contribution in [3.63, 3.8) is 0 Å². The van der Waals surface area contributed by atoms with Gasteiger partial charge in [0.1, 0.15) is 6.54 Å². The summed E-state index contributed by atoms with van der Waals surface area (Å²) in [5.41, 5.74) is 0. The van der Waals surface area contributed by atoms with Gasteiger partial charge in [0.15, 0.2) is 11.8 Å². The van der Waals surface area contributed by atoms with Crippen LogP contribution in [0, 0.1) is 12.8 Å². The van der Waals surface area contributed by atoms with Crippen molar-refractivity contribution in [2.24, 2.45) is 10.9 Å². The van der Waals surface area contributed by atoms with Gasteiger partial charge in [0.05, 0.1) is 0 Å². The Morgan fingerprint density at radius 2 is 2.21 bits per heavy atom. The van der Waals surface area contributed by atoms with Crippen molar-refractivity contribution in [3.05, 3.63) is 11.7 Å². The van der Waals surface area contributed by atoms with E-state index in [9.17, 15) is 0 Å². The van der Waals surface area contributed by atoms with Crippen LogP contribution in [0.5, 0.6) is 0 Å². The molecule has 0 bridgehead atoms. The molecule has 1 fully saturated rings. The fourth-order valence-electron chi connectivity index (χ4n) is 2.19. The summed E-state index contributed by atoms with van der Waals surface area (Å²) in [7, 11) is 0. The van der Waals surface area contributed by atoms with Crippen LogP contribution in [-0.2, 0) is 6.54 Å². The van der Waals surface area contributed by atoms with Crippen LogP contribution >= 0.6 is 0 Å². The maximum Gasteiger partial charge on any atom is 0.248 e. The van der Waals surface area contributed by atoms with Gasteiger partial charge >= 0.3 is 0 Å². The van der Waals surface area contributed by atoms with E-state index in [0.717, 1.165) is 31.5 Å². The van der Waals surface area contributed by atoms with Crippen LogP contribution in [0.1, 0.15) is 38.4 Å². The van der Waals surface area contributed by atoms with Crippen molar-refractivity contribution in [1.82, 2.24) is 20.4 Å². The minimum Gasteiger partial charge on any atom is -0.357 e. The number of aryl methyl sites for hydroxylation is 1. The number of aliphatic imine (C=N–C) groups is 1. The molecule has 1 N–H and O–H groups in total. The topological polar surface area (TPSA) is 66.5 Å². The third-order valence-corrected chi connectivity index (χ3v) is 3.35. The first kappa shape index (κ1) is 13.8. The molecule has 2 rings (SSSR count). The molecule has 1 aromatic heterocycles. The summed E-state index contributed by atoms with van der Waals surface area (Å²) in [5, 5.41) is 7.10. The first-order valence-electron chi connectivity index (χ1n) is 7.01. The monoisotopic (exact) mass is 265 g/mol. The van der Waals surface area contributed by atoms with Crippen LogP contribution in [0.2, 0.25) is 0 Å². The molecule has 6 heteroatoms. The summed E-state index contributed by atoms with van der Waals surface area (Å²) >= 11 is 0. The number of rotatable bonds is 3. The largest absolute Gasteiger partial charge is 0.357 e. The van der Waals surface area contributed by atoms with Crippen LogP contribution < -0.4 is 5.32 Å². The molecular formula is C13H23N5O. The summed E-state index contributed by atoms with van der Waals surface area (Å²) in [6, 6.07) is 0. The summed E-state index contributed by atoms with van der Waals surface area (Å²) in [5.74, 6) is 2.99. The maximum absolute atomic E-state index is 5.08. The predicted octanol–water partition coefficient (Wildman–Crippen LogP) is 1.58. The van der Waals surface area contributed by atoms with Gasteiger partial charge in [0, 0.05) is 19.6 Å². The SMILES string of the molecule is CCNC(=NCc1nc(C)no1)N1CCC(C)CC1. The minimum atomic E-state index is 0.440. The highest BCUT2D eigenvalue weighted by molar-refractivity contribution is 5.80. The normalized spacial score (nSPS) is 17.8. The Morgan fingerprint density at radius 3 is 2.79 bits per heavy atom. The van der Waals surface area contributed by atoms with E-state index in [4.69, 9.17) is 4.52 Å². The van der Waals surface area contributed by atoms with Gasteiger partial charge < -0.3 is 14.7 Å². The van der Waals surface area contributed by atoms with Crippen LogP contribution in [0.15, 0.2) is 9.52 Å². The molecule has 6 nitrogen and oxygen atoms in total. The molecule has 1 aliphatic heterocycles. The van der Waals surface area contributed by atoms with Crippen molar-refractivity contribution in [3.8, 4) is 0 Å². The molecule has 1 aromatic rings. The molecule has 1 aliphatic rings. The second kappa shape index (κ2) is 6.54. The predicted molar refractivity (Wildman–Crippen MR) is 73.8 cm³/mol. The summed E-state index contributed by atoms with van der Waals surface area (Å²) in [6.07, 6.45) is 2.45. The first-order chi connectivity index (χ1) is 9.19. The molecule has 106 valence electrons. The smallest absolute Gasteiger partial charge is 0.248 e. The fourth-order valence-corrected chi connectivity index (χ4v) is 2.19. The lowest BCUT2D eigenvalue weighted by Gasteiger charge is -2.32. The zero-order valence-corrected chi connectivity index (χ0v) is 12.0. The van der Waals surface area contributed by atoms with Crippen molar-refractivity contribution in [1.29, 1.82) is 0 Å². The molecule has 2 heterocycles. The lowest BCUT2D eigenvalue weighted by Crippen LogP contribution is -2.45. The van der Waals surface area contributed by atoms with Crippen LogP contribution in [0.4, 0.5) is 0 Å². The van der Waals surface area contributed by atoms with Crippen LogP contribution in [-0.4, -0.2) is 40.6 Å². The van der Waals surface area contributed by atoms with E-state index in [1.165, 1.54) is 12.8 Å². The Labute approximate surface area is 114 Å². The maximum atomic E-state index is 5.08. The van der Waals surface area contributed by atoms with Gasteiger partial charge in [-0.2, -0.15) is 4.98 Å². The Balaban J connectivity index is 1.98. The van der Waals surface area contributed by atoms with E-state index in [-0.39, 0.29) is 0 Å². The molecule has 0 amide bonds. The Kier molecular flexibility index (Phi) is 4.76. The van der Waals surface area contributed by atoms with Crippen molar-refractivity contribution in [2.75, 3.05) is 19.6 Å². The van der Waals surface area contributed by atoms with E-state index >= 15 is 0 Å². The number of aromatic nitrogens is 2. The molecule has 0 atom stereocenters. The average molecular weight is 265 g/mol. The molecule has 19 heavy (non-hydrogen) atoms. The van der Waals surface area contributed by atoms with E-state index in [1.807, 2.05) is 6.92 Å². The van der Waals surface area contributed by atoms with Gasteiger partial charge in [-0.3, -0.25) is 0 Å². The quantitative estimate of drug-likeness (QED) is 0.664. The summed E-state index contributed by atoms with van der Waals surface area (Å²) < 4.78 is 5.08. The van der Waals surface area contributed by atoms with Gasteiger partial charge in [0.25, 0.3) is 0 Å². The van der Waals surface area contributed by atoms with E-state index in [2.05, 4.69) is 39.2 Å². The van der Waals surface area contributed by atoms with E-state index in [1.54, 1.807) is 0 Å². The van der Waals surface area contributed by atoms with Gasteiger partial charge in [-0.15, -0.1) is 0 Å². The Bertz CT molecular complexity index is 420. The number of guanidine groups is 1. The third kappa shape index (κ3) is 3.94. The third-order valence-electron chi connectivity index (χ3n) is 3.35. The van der Waals surface area contributed by atoms with E-state index < -0.39 is 0 Å². The van der Waals surface area contributed by atoms with Gasteiger partial charge in [-0.25, -0.2) is 4.99 Å². The highest BCUT2D eigenvalue weighted by atomic mass is 16.5. The van der Waals surface area contributed by atoms with E-state index in [0.29, 0.717) is 18.3 Å². The molecule has 0 radical (unpaired) electrons. The highest BCUT2D eigenvalue weighted by Gasteiger charge is 2.18. The average Bonchev–Trinajstić information content (AvgIpc) is 2.81. The number of likely N-dealkylation sites (tertiary alicyclic amines) is 1. The molecule has 0 spiro atoms. The Hall–Kier alpha value is -1.59. The molecule has 0 aliphatic carbocycles. The van der Waals surface area contributed by atoms with Crippen molar-refractivity contribution >= 4 is 5.96 Å². The standard InChI is InChI=1S/C13H23N5O/c1-4-14-13(18-7-5-10(2)6-8-18)15-9-12-16-11(3)17-19-12/h10H,4-9H2,1-3H3,(H,14,15). The molecule has 0 unspecified atom stereocenters. The number of nitrogens with zero attached hydrogens (tertiary/aromatic N) is 4. The molecular weight excluding hydrogens is 242 g/mol. The number of piperidine rings is 1. The van der Waals surface area contributed by atoms with Gasteiger partial charge in [-0.1, -0.05) is 12.1 Å². The Morgan fingerprint density at radius 1 is 1.47 bits per heavy atom. The molecule has 0 saturated carbocycles. The summed E-state index contributed by atoms with van der Waals surface area (Å²) in [6.45, 7) is 9.64. The van der Waals surface area contributed by atoms with Crippen molar-refractivity contribution in [2.45, 2.75) is 40.2 Å². The van der Waals surface area contributed by atoms with Crippen LogP contribution in [0.25, 0.3) is 0 Å². The zero-order valence-electron chi connectivity index (χ0n) is 12.0. The zero-order chi connectivity index (χ0) is 13.7. The summed E-state index contributed by atoms with van der Waals surface area (Å²) in [4.78, 5) is 11.1. The van der Waals surface area contributed by atoms with Gasteiger partial charge in [0.2, 0.25) is 5.89 Å². The van der Waals surface area contributed by atoms with Gasteiger partial charge in [-0.05, 0) is 32.6 Å². The number of nitrogens with one attached hydrogen (secondary N) is 1. The number of hydrogen-bond donors (Lipinski definition) is 1. The highest BCUT2D eigenvalue weighted by Crippen LogP contribution is 2.16. The van der Waals surface area contributed by atoms with Crippen molar-refractivity contribution < 1.29 is 4.52 Å². The lowest BCUT2D eigenvalue weighted by atomic mass is 10.00. The number of hydrogen-bond acceptors (Lipinski definition) is 4. The fraction of sp³-hybridized carbons (Fsp3) is 0.769. The second-order valence-corrected chi connectivity index (χ2v) is 5.08. The minimum absolute atomic E-state index is 0.440.